The molecule has 0 heterocycles. The highest BCUT2D eigenvalue weighted by Crippen LogP contribution is 2.40. The molecule has 3 unspecified atom stereocenters. The van der Waals surface area contributed by atoms with Gasteiger partial charge in [0.15, 0.2) is 0 Å². The third-order valence-corrected chi connectivity index (χ3v) is 4.66. The molecule has 1 aromatic rings. The smallest absolute Gasteiger partial charge is 0.129 e. The lowest BCUT2D eigenvalue weighted by molar-refractivity contribution is 0.175. The van der Waals surface area contributed by atoms with Crippen molar-refractivity contribution >= 4 is 15.9 Å². The van der Waals surface area contributed by atoms with Gasteiger partial charge >= 0.3 is 0 Å². The van der Waals surface area contributed by atoms with Crippen LogP contribution in [0, 0.1) is 23.6 Å². The third-order valence-electron chi connectivity index (χ3n) is 4.16. The van der Waals surface area contributed by atoms with Crippen molar-refractivity contribution in [3.63, 3.8) is 0 Å². The van der Waals surface area contributed by atoms with Crippen LogP contribution in [0.5, 0.6) is 0 Å². The summed E-state index contributed by atoms with van der Waals surface area (Å²) in [5.41, 5.74) is 3.51. The molecule has 4 heteroatoms. The fourth-order valence-electron chi connectivity index (χ4n) is 3.51. The second-order valence-electron chi connectivity index (χ2n) is 5.99. The van der Waals surface area contributed by atoms with E-state index in [4.69, 9.17) is 5.84 Å². The quantitative estimate of drug-likeness (QED) is 0.645. The van der Waals surface area contributed by atoms with Crippen LogP contribution in [0.4, 0.5) is 4.39 Å². The van der Waals surface area contributed by atoms with Crippen LogP contribution in [-0.2, 0) is 0 Å². The molecule has 1 fully saturated rings. The molecule has 0 bridgehead atoms. The van der Waals surface area contributed by atoms with Crippen LogP contribution in [0.1, 0.15) is 44.7 Å². The molecule has 0 radical (unpaired) electrons. The van der Waals surface area contributed by atoms with E-state index >= 15 is 0 Å². The van der Waals surface area contributed by atoms with Crippen molar-refractivity contribution in [3.05, 3.63) is 34.1 Å². The molecule has 1 aromatic carbocycles. The SMILES string of the molecule is CC1CC(C)CC(C(NN)c2ccc(Br)cc2F)C1. The lowest BCUT2D eigenvalue weighted by atomic mass is 9.72. The van der Waals surface area contributed by atoms with Gasteiger partial charge in [0, 0.05) is 10.0 Å². The standard InChI is InChI=1S/C15H22BrFN2/c1-9-5-10(2)7-11(6-9)15(19-18)13-4-3-12(16)8-14(13)17/h3-4,8-11,15,19H,5-7,18H2,1-2H3. The number of hydrazine groups is 1. The molecule has 2 nitrogen and oxygen atoms in total. The molecule has 1 aliphatic carbocycles. The van der Waals surface area contributed by atoms with Crippen molar-refractivity contribution in [2.24, 2.45) is 23.6 Å². The number of hydrogen-bond donors (Lipinski definition) is 2. The molecule has 1 aliphatic rings. The van der Waals surface area contributed by atoms with Crippen LogP contribution in [-0.4, -0.2) is 0 Å². The predicted molar refractivity (Wildman–Crippen MR) is 79.8 cm³/mol. The molecular formula is C15H22BrFN2. The van der Waals surface area contributed by atoms with Gasteiger partial charge in [-0.25, -0.2) is 4.39 Å². The van der Waals surface area contributed by atoms with Crippen LogP contribution in [0.15, 0.2) is 22.7 Å². The fourth-order valence-corrected chi connectivity index (χ4v) is 3.85. The molecule has 0 saturated heterocycles. The molecule has 3 N–H and O–H groups in total. The first-order valence-corrected chi connectivity index (χ1v) is 7.71. The summed E-state index contributed by atoms with van der Waals surface area (Å²) in [6, 6.07) is 5.11. The van der Waals surface area contributed by atoms with Gasteiger partial charge < -0.3 is 0 Å². The maximum Gasteiger partial charge on any atom is 0.129 e. The molecule has 1 saturated carbocycles. The fraction of sp³-hybridized carbons (Fsp3) is 0.600. The van der Waals surface area contributed by atoms with Gasteiger partial charge in [-0.1, -0.05) is 35.8 Å². The number of benzene rings is 1. The Morgan fingerprint density at radius 1 is 1.26 bits per heavy atom. The zero-order chi connectivity index (χ0) is 14.0. The highest BCUT2D eigenvalue weighted by molar-refractivity contribution is 9.10. The van der Waals surface area contributed by atoms with Crippen molar-refractivity contribution in [3.8, 4) is 0 Å². The van der Waals surface area contributed by atoms with Crippen LogP contribution in [0.3, 0.4) is 0 Å². The van der Waals surface area contributed by atoms with Gasteiger partial charge in [-0.2, -0.15) is 0 Å². The largest absolute Gasteiger partial charge is 0.271 e. The Kier molecular flexibility index (Phi) is 4.98. The van der Waals surface area contributed by atoms with Crippen LogP contribution < -0.4 is 11.3 Å². The Morgan fingerprint density at radius 3 is 2.42 bits per heavy atom. The highest BCUT2D eigenvalue weighted by Gasteiger charge is 2.31. The average Bonchev–Trinajstić information content (AvgIpc) is 2.31. The zero-order valence-electron chi connectivity index (χ0n) is 11.5. The lowest BCUT2D eigenvalue weighted by Gasteiger charge is -2.36. The van der Waals surface area contributed by atoms with Crippen molar-refractivity contribution in [1.29, 1.82) is 0 Å². The summed E-state index contributed by atoms with van der Waals surface area (Å²) in [6.45, 7) is 4.54. The first-order chi connectivity index (χ1) is 9.01. The van der Waals surface area contributed by atoms with Crippen LogP contribution in [0.2, 0.25) is 0 Å². The predicted octanol–water partition coefficient (Wildman–Crippen LogP) is 4.16. The topological polar surface area (TPSA) is 38.0 Å². The molecule has 0 aromatic heterocycles. The van der Waals surface area contributed by atoms with Crippen LogP contribution in [0.25, 0.3) is 0 Å². The molecule has 19 heavy (non-hydrogen) atoms. The lowest BCUT2D eigenvalue weighted by Crippen LogP contribution is -2.37. The molecular weight excluding hydrogens is 307 g/mol. The highest BCUT2D eigenvalue weighted by atomic mass is 79.9. The first-order valence-electron chi connectivity index (χ1n) is 6.92. The first kappa shape index (κ1) is 14.9. The number of hydrogen-bond acceptors (Lipinski definition) is 2. The summed E-state index contributed by atoms with van der Waals surface area (Å²) in [5.74, 6) is 7.28. The van der Waals surface area contributed by atoms with Crippen molar-refractivity contribution in [2.45, 2.75) is 39.2 Å². The zero-order valence-corrected chi connectivity index (χ0v) is 13.1. The number of halogens is 2. The number of rotatable bonds is 3. The summed E-state index contributed by atoms with van der Waals surface area (Å²) >= 11 is 3.29. The van der Waals surface area contributed by atoms with Gasteiger partial charge in [0.25, 0.3) is 0 Å². The summed E-state index contributed by atoms with van der Waals surface area (Å²) in [6.07, 6.45) is 3.47. The van der Waals surface area contributed by atoms with E-state index in [1.165, 1.54) is 12.5 Å². The summed E-state index contributed by atoms with van der Waals surface area (Å²) in [7, 11) is 0. The minimum absolute atomic E-state index is 0.0988. The Labute approximate surface area is 123 Å². The van der Waals surface area contributed by atoms with Gasteiger partial charge in [0.1, 0.15) is 5.82 Å². The van der Waals surface area contributed by atoms with Crippen molar-refractivity contribution in [2.75, 3.05) is 0 Å². The van der Waals surface area contributed by atoms with E-state index < -0.39 is 0 Å². The van der Waals surface area contributed by atoms with Gasteiger partial charge in [0.2, 0.25) is 0 Å². The minimum Gasteiger partial charge on any atom is -0.271 e. The summed E-state index contributed by atoms with van der Waals surface area (Å²) in [5, 5.41) is 0. The second kappa shape index (κ2) is 6.33. The molecule has 106 valence electrons. The Morgan fingerprint density at radius 2 is 1.89 bits per heavy atom. The second-order valence-corrected chi connectivity index (χ2v) is 6.90. The third kappa shape index (κ3) is 3.56. The number of nitrogens with one attached hydrogen (secondary N) is 1. The van der Waals surface area contributed by atoms with E-state index in [0.29, 0.717) is 23.3 Å². The Hall–Kier alpha value is -0.450. The van der Waals surface area contributed by atoms with E-state index in [-0.39, 0.29) is 11.9 Å². The molecule has 0 spiro atoms. The summed E-state index contributed by atoms with van der Waals surface area (Å²) < 4.78 is 14.9. The maximum absolute atomic E-state index is 14.1. The van der Waals surface area contributed by atoms with Gasteiger partial charge in [-0.3, -0.25) is 11.3 Å². The molecule has 3 atom stereocenters. The van der Waals surface area contributed by atoms with Crippen molar-refractivity contribution in [1.82, 2.24) is 5.43 Å². The van der Waals surface area contributed by atoms with E-state index in [9.17, 15) is 4.39 Å². The minimum atomic E-state index is -0.191. The Bertz CT molecular complexity index is 428. The van der Waals surface area contributed by atoms with E-state index in [1.807, 2.05) is 12.1 Å². The average molecular weight is 329 g/mol. The molecule has 2 rings (SSSR count). The van der Waals surface area contributed by atoms with E-state index in [2.05, 4.69) is 35.2 Å². The molecule has 0 amide bonds. The van der Waals surface area contributed by atoms with Crippen molar-refractivity contribution < 1.29 is 4.39 Å². The normalized spacial score (nSPS) is 29.2. The van der Waals surface area contributed by atoms with E-state index in [0.717, 1.165) is 17.3 Å². The van der Waals surface area contributed by atoms with Crippen LogP contribution >= 0.6 is 15.9 Å². The van der Waals surface area contributed by atoms with E-state index in [1.54, 1.807) is 0 Å². The Balaban J connectivity index is 2.23. The monoisotopic (exact) mass is 328 g/mol. The maximum atomic E-state index is 14.1. The molecule has 0 aliphatic heterocycles. The van der Waals surface area contributed by atoms with Gasteiger partial charge in [-0.15, -0.1) is 0 Å². The number of nitrogens with two attached hydrogens (primary N) is 1. The summed E-state index contributed by atoms with van der Waals surface area (Å²) in [4.78, 5) is 0. The van der Waals surface area contributed by atoms with Gasteiger partial charge in [-0.05, 0) is 49.1 Å². The van der Waals surface area contributed by atoms with Gasteiger partial charge in [0.05, 0.1) is 6.04 Å².